The number of hydrogen-bond acceptors (Lipinski definition) is 0. The number of rotatable bonds is 4. The van der Waals surface area contributed by atoms with Gasteiger partial charge in [-0.05, 0) is 18.6 Å². The third-order valence-electron chi connectivity index (χ3n) is 3.35. The lowest BCUT2D eigenvalue weighted by Gasteiger charge is -2.44. The van der Waals surface area contributed by atoms with E-state index in [0.29, 0.717) is 12.4 Å². The Morgan fingerprint density at radius 2 is 1.23 bits per heavy atom. The minimum Gasteiger partial charge on any atom is -0.332 e. The highest BCUT2D eigenvalue weighted by Gasteiger charge is 2.79. The summed E-state index contributed by atoms with van der Waals surface area (Å²) < 4.78 is 118. The van der Waals surface area contributed by atoms with Crippen LogP contribution >= 0.6 is 0 Å². The largest absolute Gasteiger partial charge is 0.421 e. The fourth-order valence-electron chi connectivity index (χ4n) is 2.50. The summed E-state index contributed by atoms with van der Waals surface area (Å²) in [6.07, 6.45) is -19.1. The molecule has 0 spiro atoms. The second kappa shape index (κ2) is 5.69. The van der Waals surface area contributed by atoms with Crippen molar-refractivity contribution in [2.75, 3.05) is 0 Å². The third kappa shape index (κ3) is 2.91. The van der Waals surface area contributed by atoms with Crippen LogP contribution in [-0.2, 0) is 5.54 Å². The molecule has 0 amide bonds. The molecule has 1 unspecified atom stereocenters. The topological polar surface area (TPSA) is 4.93 Å². The molecule has 0 aromatic carbocycles. The molecule has 0 N–H and O–H groups in total. The average Bonchev–Trinajstić information content (AvgIpc) is 2.77. The molecule has 1 rings (SSSR count). The van der Waals surface area contributed by atoms with Crippen LogP contribution in [-0.4, -0.2) is 23.1 Å². The maximum atomic E-state index is 13.3. The molecule has 0 saturated heterocycles. The highest BCUT2D eigenvalue weighted by molar-refractivity contribution is 5.10. The van der Waals surface area contributed by atoms with E-state index in [4.69, 9.17) is 0 Å². The molecule has 1 heterocycles. The van der Waals surface area contributed by atoms with Crippen LogP contribution < -0.4 is 0 Å². The van der Waals surface area contributed by atoms with Crippen molar-refractivity contribution >= 4 is 0 Å². The molecule has 1 aromatic heterocycles. The van der Waals surface area contributed by atoms with Gasteiger partial charge in [-0.3, -0.25) is 0 Å². The Bertz CT molecular complexity index is 452. The van der Waals surface area contributed by atoms with E-state index in [-0.39, 0.29) is 0 Å². The fourth-order valence-corrected chi connectivity index (χ4v) is 2.50. The monoisotopic (exact) mass is 341 g/mol. The zero-order valence-corrected chi connectivity index (χ0v) is 11.1. The summed E-state index contributed by atoms with van der Waals surface area (Å²) >= 11 is 0. The summed E-state index contributed by atoms with van der Waals surface area (Å²) in [7, 11) is 0. The molecule has 0 radical (unpaired) electrons. The second-order valence-corrected chi connectivity index (χ2v) is 4.74. The quantitative estimate of drug-likeness (QED) is 0.656. The summed E-state index contributed by atoms with van der Waals surface area (Å²) in [4.78, 5) is 0. The van der Waals surface area contributed by atoms with Gasteiger partial charge in [-0.25, -0.2) is 0 Å². The van der Waals surface area contributed by atoms with Crippen LogP contribution in [0.5, 0.6) is 0 Å². The minimum atomic E-state index is -6.18. The van der Waals surface area contributed by atoms with Gasteiger partial charge in [0.15, 0.2) is 0 Å². The molecule has 0 aliphatic rings. The Balaban J connectivity index is 3.77. The molecule has 10 heteroatoms. The fraction of sp³-hybridized carbons (Fsp3) is 0.667. The lowest BCUT2D eigenvalue weighted by molar-refractivity contribution is -0.377. The molecule has 128 valence electrons. The Kier molecular flexibility index (Phi) is 4.84. The van der Waals surface area contributed by atoms with E-state index in [0.717, 1.165) is 19.1 Å². The van der Waals surface area contributed by atoms with Crippen molar-refractivity contribution in [3.8, 4) is 0 Å². The van der Waals surface area contributed by atoms with Crippen LogP contribution in [0.2, 0.25) is 0 Å². The molecular weight excluding hydrogens is 329 g/mol. The van der Waals surface area contributed by atoms with Gasteiger partial charge in [-0.1, -0.05) is 13.3 Å². The van der Waals surface area contributed by atoms with E-state index < -0.39 is 47.4 Å². The zero-order chi connectivity index (χ0) is 17.4. The normalized spacial score (nSPS) is 15.9. The third-order valence-corrected chi connectivity index (χ3v) is 3.35. The highest BCUT2D eigenvalue weighted by atomic mass is 19.4. The maximum Gasteiger partial charge on any atom is 0.421 e. The van der Waals surface area contributed by atoms with E-state index in [2.05, 4.69) is 0 Å². The zero-order valence-electron chi connectivity index (χ0n) is 11.1. The predicted octanol–water partition coefficient (Wildman–Crippen LogP) is 5.29. The first kappa shape index (κ1) is 18.7. The van der Waals surface area contributed by atoms with Crippen molar-refractivity contribution in [1.82, 2.24) is 4.57 Å². The Hall–Kier alpha value is -1.35. The summed E-state index contributed by atoms with van der Waals surface area (Å²) in [6.45, 7) is 1.09. The van der Waals surface area contributed by atoms with Gasteiger partial charge in [0.2, 0.25) is 5.54 Å². The summed E-state index contributed by atoms with van der Waals surface area (Å²) in [5, 5.41) is 0. The summed E-state index contributed by atoms with van der Waals surface area (Å²) in [5.74, 6) is -3.64. The lowest BCUT2D eigenvalue weighted by atomic mass is 9.78. The van der Waals surface area contributed by atoms with Gasteiger partial charge in [0.1, 0.15) is 0 Å². The molecular formula is C12H12F9N. The molecule has 0 fully saturated rings. The molecule has 1 aromatic rings. The van der Waals surface area contributed by atoms with Crippen LogP contribution in [0.15, 0.2) is 24.5 Å². The minimum absolute atomic E-state index is 0.343. The SMILES string of the molecule is CCCC(C(F)(F)F)C(n1cccc1)(C(F)(F)F)C(F)(F)F. The molecule has 0 aliphatic carbocycles. The van der Waals surface area contributed by atoms with Crippen molar-refractivity contribution in [2.45, 2.75) is 43.8 Å². The van der Waals surface area contributed by atoms with Crippen molar-refractivity contribution in [2.24, 2.45) is 5.92 Å². The number of aromatic nitrogens is 1. The number of nitrogens with zero attached hydrogens (tertiary/aromatic N) is 1. The van der Waals surface area contributed by atoms with Gasteiger partial charge in [-0.2, -0.15) is 39.5 Å². The highest BCUT2D eigenvalue weighted by Crippen LogP contribution is 2.58. The molecule has 22 heavy (non-hydrogen) atoms. The first-order valence-corrected chi connectivity index (χ1v) is 6.13. The Labute approximate surface area is 119 Å². The van der Waals surface area contributed by atoms with E-state index >= 15 is 0 Å². The first-order chi connectivity index (χ1) is 9.80. The van der Waals surface area contributed by atoms with E-state index in [1.54, 1.807) is 0 Å². The Morgan fingerprint density at radius 3 is 1.50 bits per heavy atom. The van der Waals surface area contributed by atoms with Gasteiger partial charge in [0, 0.05) is 12.4 Å². The summed E-state index contributed by atoms with van der Waals surface area (Å²) in [6, 6.07) is 1.62. The molecule has 1 nitrogen and oxygen atoms in total. The summed E-state index contributed by atoms with van der Waals surface area (Å²) in [5.41, 5.74) is -5.06. The predicted molar refractivity (Wildman–Crippen MR) is 59.0 cm³/mol. The van der Waals surface area contributed by atoms with Crippen molar-refractivity contribution < 1.29 is 39.5 Å². The second-order valence-electron chi connectivity index (χ2n) is 4.74. The van der Waals surface area contributed by atoms with Gasteiger partial charge in [0.05, 0.1) is 5.92 Å². The standard InChI is InChI=1S/C12H12F9N/c1-2-5-8(10(13,14)15)9(11(16,17)18,12(19,20)21)22-6-3-4-7-22/h3-4,6-8H,2,5H2,1H3. The van der Waals surface area contributed by atoms with Gasteiger partial charge in [0.25, 0.3) is 0 Å². The van der Waals surface area contributed by atoms with Gasteiger partial charge in [-0.15, -0.1) is 0 Å². The van der Waals surface area contributed by atoms with Gasteiger partial charge < -0.3 is 4.57 Å². The first-order valence-electron chi connectivity index (χ1n) is 6.13. The molecule has 0 aliphatic heterocycles. The number of alkyl halides is 9. The molecule has 1 atom stereocenters. The van der Waals surface area contributed by atoms with Crippen LogP contribution in [0.4, 0.5) is 39.5 Å². The number of hydrogen-bond donors (Lipinski definition) is 0. The van der Waals surface area contributed by atoms with Crippen molar-refractivity contribution in [3.63, 3.8) is 0 Å². The van der Waals surface area contributed by atoms with Crippen LogP contribution in [0, 0.1) is 5.92 Å². The number of halogens is 9. The van der Waals surface area contributed by atoms with Gasteiger partial charge >= 0.3 is 18.5 Å². The average molecular weight is 341 g/mol. The molecule has 0 bridgehead atoms. The smallest absolute Gasteiger partial charge is 0.332 e. The van der Waals surface area contributed by atoms with Crippen molar-refractivity contribution in [3.05, 3.63) is 24.5 Å². The maximum absolute atomic E-state index is 13.3. The van der Waals surface area contributed by atoms with Crippen LogP contribution in [0.1, 0.15) is 19.8 Å². The Morgan fingerprint density at radius 1 is 0.818 bits per heavy atom. The van der Waals surface area contributed by atoms with E-state index in [1.165, 1.54) is 0 Å². The lowest BCUT2D eigenvalue weighted by Crippen LogP contribution is -2.65. The van der Waals surface area contributed by atoms with Crippen LogP contribution in [0.25, 0.3) is 0 Å². The van der Waals surface area contributed by atoms with E-state index in [9.17, 15) is 39.5 Å². The van der Waals surface area contributed by atoms with Crippen LogP contribution in [0.3, 0.4) is 0 Å². The van der Waals surface area contributed by atoms with E-state index in [1.807, 2.05) is 0 Å². The van der Waals surface area contributed by atoms with Crippen molar-refractivity contribution in [1.29, 1.82) is 0 Å². The molecule has 0 saturated carbocycles.